The Morgan fingerprint density at radius 2 is 2.03 bits per heavy atom. The Balaban J connectivity index is 1.56. The molecule has 7 nitrogen and oxygen atoms in total. The number of morpholine rings is 1. The molecular formula is C24H28N6O. The molecule has 0 spiro atoms. The number of hydrogen-bond donors (Lipinski definition) is 1. The van der Waals surface area contributed by atoms with Gasteiger partial charge in [0.1, 0.15) is 11.3 Å². The molecule has 2 saturated heterocycles. The number of hydrogen-bond acceptors (Lipinski definition) is 6. The fraction of sp³-hybridized carbons (Fsp3) is 0.458. The summed E-state index contributed by atoms with van der Waals surface area (Å²) < 4.78 is 7.90. The van der Waals surface area contributed by atoms with Gasteiger partial charge < -0.3 is 15.0 Å². The number of ether oxygens (including phenoxy) is 1. The molecule has 1 atom stereocenters. The minimum Gasteiger partial charge on any atom is -0.374 e. The number of pyridine rings is 1. The Labute approximate surface area is 182 Å². The summed E-state index contributed by atoms with van der Waals surface area (Å²) in [5, 5.41) is 17.2. The third-order valence-corrected chi connectivity index (χ3v) is 6.40. The van der Waals surface area contributed by atoms with Crippen LogP contribution in [0, 0.1) is 17.2 Å². The average molecular weight is 417 g/mol. The molecule has 3 aromatic rings. The normalized spacial score (nSPS) is 20.1. The van der Waals surface area contributed by atoms with E-state index < -0.39 is 0 Å². The quantitative estimate of drug-likeness (QED) is 0.704. The van der Waals surface area contributed by atoms with E-state index in [-0.39, 0.29) is 6.10 Å². The molecule has 31 heavy (non-hydrogen) atoms. The van der Waals surface area contributed by atoms with Gasteiger partial charge in [-0.25, -0.2) is 4.98 Å². The number of benzene rings is 1. The maximum absolute atomic E-state index is 9.19. The molecule has 0 aliphatic carbocycles. The lowest BCUT2D eigenvalue weighted by atomic mass is 9.97. The number of nitrogens with one attached hydrogen (secondary N) is 1. The van der Waals surface area contributed by atoms with E-state index in [1.165, 1.54) is 12.8 Å². The summed E-state index contributed by atoms with van der Waals surface area (Å²) in [5.41, 5.74) is 4.76. The van der Waals surface area contributed by atoms with Gasteiger partial charge in [-0.3, -0.25) is 4.68 Å². The van der Waals surface area contributed by atoms with Crippen LogP contribution in [0.15, 0.2) is 36.5 Å². The topological polar surface area (TPSA) is 79.0 Å². The van der Waals surface area contributed by atoms with Crippen LogP contribution in [0.5, 0.6) is 0 Å². The molecule has 0 saturated carbocycles. The lowest BCUT2D eigenvalue weighted by molar-refractivity contribution is 0.0169. The SMILES string of the molecule is CC1CCN(c2nc3cnn(C[C@H]4CNCCO4)c3cc2-c2ccc(C#N)cc2)CC1. The third-order valence-electron chi connectivity index (χ3n) is 6.40. The molecule has 1 aromatic carbocycles. The summed E-state index contributed by atoms with van der Waals surface area (Å²) in [7, 11) is 0. The van der Waals surface area contributed by atoms with E-state index >= 15 is 0 Å². The summed E-state index contributed by atoms with van der Waals surface area (Å²) in [4.78, 5) is 7.48. The van der Waals surface area contributed by atoms with Crippen molar-refractivity contribution in [3.63, 3.8) is 0 Å². The zero-order chi connectivity index (χ0) is 21.2. The molecule has 7 heteroatoms. The molecule has 2 aromatic heterocycles. The van der Waals surface area contributed by atoms with Crippen LogP contribution >= 0.6 is 0 Å². The number of anilines is 1. The van der Waals surface area contributed by atoms with Gasteiger partial charge in [-0.1, -0.05) is 19.1 Å². The maximum Gasteiger partial charge on any atom is 0.137 e. The molecule has 0 bridgehead atoms. The summed E-state index contributed by atoms with van der Waals surface area (Å²) in [6.07, 6.45) is 4.33. The van der Waals surface area contributed by atoms with Gasteiger partial charge in [0, 0.05) is 31.7 Å². The van der Waals surface area contributed by atoms with E-state index in [4.69, 9.17) is 9.72 Å². The van der Waals surface area contributed by atoms with Crippen LogP contribution in [-0.4, -0.2) is 53.7 Å². The summed E-state index contributed by atoms with van der Waals surface area (Å²) >= 11 is 0. The molecule has 5 rings (SSSR count). The molecule has 1 N–H and O–H groups in total. The monoisotopic (exact) mass is 416 g/mol. The summed E-state index contributed by atoms with van der Waals surface area (Å²) in [5.74, 6) is 1.77. The zero-order valence-electron chi connectivity index (χ0n) is 17.9. The van der Waals surface area contributed by atoms with E-state index in [1.807, 2.05) is 35.1 Å². The number of rotatable bonds is 4. The molecule has 4 heterocycles. The van der Waals surface area contributed by atoms with Gasteiger partial charge >= 0.3 is 0 Å². The highest BCUT2D eigenvalue weighted by Gasteiger charge is 2.23. The van der Waals surface area contributed by atoms with Crippen molar-refractivity contribution in [3.8, 4) is 17.2 Å². The standard InChI is InChI=1S/C24H28N6O/c1-17-6-9-29(10-7-17)24-21(19-4-2-18(13-25)3-5-19)12-23-22(28-24)15-27-30(23)16-20-14-26-8-11-31-20/h2-5,12,15,17,20,26H,6-11,14,16H2,1H3/t20-/m1/s1. The first kappa shape index (κ1) is 20.0. The number of fused-ring (bicyclic) bond motifs is 1. The van der Waals surface area contributed by atoms with Gasteiger partial charge in [0.15, 0.2) is 0 Å². The molecule has 0 radical (unpaired) electrons. The van der Waals surface area contributed by atoms with Crippen LogP contribution in [0.3, 0.4) is 0 Å². The van der Waals surface area contributed by atoms with Gasteiger partial charge in [0.25, 0.3) is 0 Å². The van der Waals surface area contributed by atoms with Gasteiger partial charge in [0.2, 0.25) is 0 Å². The number of piperidine rings is 1. The predicted molar refractivity (Wildman–Crippen MR) is 121 cm³/mol. The van der Waals surface area contributed by atoms with Crippen molar-refractivity contribution in [3.05, 3.63) is 42.1 Å². The molecule has 0 unspecified atom stereocenters. The van der Waals surface area contributed by atoms with E-state index in [0.717, 1.165) is 66.7 Å². The van der Waals surface area contributed by atoms with Crippen molar-refractivity contribution in [1.82, 2.24) is 20.1 Å². The first-order chi connectivity index (χ1) is 15.2. The van der Waals surface area contributed by atoms with Crippen LogP contribution in [0.25, 0.3) is 22.2 Å². The average Bonchev–Trinajstić information content (AvgIpc) is 3.21. The lowest BCUT2D eigenvalue weighted by Crippen LogP contribution is -2.40. The van der Waals surface area contributed by atoms with Crippen molar-refractivity contribution >= 4 is 16.9 Å². The summed E-state index contributed by atoms with van der Waals surface area (Å²) in [6, 6.07) is 12.2. The minimum atomic E-state index is 0.110. The van der Waals surface area contributed by atoms with Crippen LogP contribution in [0.4, 0.5) is 5.82 Å². The Morgan fingerprint density at radius 3 is 2.74 bits per heavy atom. The van der Waals surface area contributed by atoms with Gasteiger partial charge in [0.05, 0.1) is 42.6 Å². The Bertz CT molecular complexity index is 1090. The highest BCUT2D eigenvalue weighted by atomic mass is 16.5. The van der Waals surface area contributed by atoms with Crippen molar-refractivity contribution in [2.75, 3.05) is 37.7 Å². The molecule has 2 fully saturated rings. The molecular weight excluding hydrogens is 388 g/mol. The molecule has 2 aliphatic heterocycles. The summed E-state index contributed by atoms with van der Waals surface area (Å²) in [6.45, 7) is 7.51. The number of nitrogens with zero attached hydrogens (tertiary/aromatic N) is 5. The largest absolute Gasteiger partial charge is 0.374 e. The van der Waals surface area contributed by atoms with Crippen molar-refractivity contribution in [1.29, 1.82) is 5.26 Å². The van der Waals surface area contributed by atoms with Crippen molar-refractivity contribution in [2.24, 2.45) is 5.92 Å². The Hall–Kier alpha value is -2.95. The van der Waals surface area contributed by atoms with E-state index in [0.29, 0.717) is 12.1 Å². The van der Waals surface area contributed by atoms with Gasteiger partial charge in [-0.05, 0) is 42.5 Å². The lowest BCUT2D eigenvalue weighted by Gasteiger charge is -2.32. The maximum atomic E-state index is 9.19. The first-order valence-electron chi connectivity index (χ1n) is 11.2. The number of aromatic nitrogens is 3. The Kier molecular flexibility index (Phi) is 5.58. The smallest absolute Gasteiger partial charge is 0.137 e. The first-order valence-corrected chi connectivity index (χ1v) is 11.2. The van der Waals surface area contributed by atoms with Crippen LogP contribution < -0.4 is 10.2 Å². The second-order valence-corrected chi connectivity index (χ2v) is 8.65. The van der Waals surface area contributed by atoms with Gasteiger partial charge in [-0.15, -0.1) is 0 Å². The minimum absolute atomic E-state index is 0.110. The second-order valence-electron chi connectivity index (χ2n) is 8.65. The van der Waals surface area contributed by atoms with Crippen LogP contribution in [-0.2, 0) is 11.3 Å². The molecule has 160 valence electrons. The highest BCUT2D eigenvalue weighted by Crippen LogP contribution is 2.34. The van der Waals surface area contributed by atoms with Crippen molar-refractivity contribution < 1.29 is 4.74 Å². The third kappa shape index (κ3) is 4.14. The fourth-order valence-electron chi connectivity index (χ4n) is 4.47. The fourth-order valence-corrected chi connectivity index (χ4v) is 4.47. The van der Waals surface area contributed by atoms with Crippen LogP contribution in [0.2, 0.25) is 0 Å². The highest BCUT2D eigenvalue weighted by molar-refractivity contribution is 5.88. The molecule has 0 amide bonds. The number of nitriles is 1. The predicted octanol–water partition coefficient (Wildman–Crippen LogP) is 3.19. The van der Waals surface area contributed by atoms with E-state index in [1.54, 1.807) is 0 Å². The second kappa shape index (κ2) is 8.66. The Morgan fingerprint density at radius 1 is 1.23 bits per heavy atom. The molecule has 2 aliphatic rings. The van der Waals surface area contributed by atoms with Gasteiger partial charge in [-0.2, -0.15) is 10.4 Å². The zero-order valence-corrected chi connectivity index (χ0v) is 17.9. The van der Waals surface area contributed by atoms with Crippen LogP contribution in [0.1, 0.15) is 25.3 Å². The van der Waals surface area contributed by atoms with E-state index in [9.17, 15) is 5.26 Å². The van der Waals surface area contributed by atoms with E-state index in [2.05, 4.69) is 34.4 Å². The van der Waals surface area contributed by atoms with Crippen molar-refractivity contribution in [2.45, 2.75) is 32.4 Å².